The van der Waals surface area contributed by atoms with E-state index in [1.165, 1.54) is 6.42 Å². The molecule has 0 radical (unpaired) electrons. The van der Waals surface area contributed by atoms with Gasteiger partial charge in [-0.25, -0.2) is 0 Å². The van der Waals surface area contributed by atoms with Gasteiger partial charge in [0.1, 0.15) is 6.04 Å². The first-order valence-corrected chi connectivity index (χ1v) is 15.9. The summed E-state index contributed by atoms with van der Waals surface area (Å²) in [6, 6.07) is 34.7. The molecule has 1 aliphatic rings. The van der Waals surface area contributed by atoms with E-state index in [1.54, 1.807) is 23.1 Å². The van der Waals surface area contributed by atoms with Gasteiger partial charge in [0, 0.05) is 47.0 Å². The number of hydrogen-bond donors (Lipinski definition) is 1. The van der Waals surface area contributed by atoms with Crippen LogP contribution in [-0.2, 0) is 22.6 Å². The second-order valence-electron chi connectivity index (χ2n) is 11.3. The SMILES string of the molecule is O=C(NC1CCCCC1)[C@H](Cc1ccccc1)N(Cc1c(Cl)cccc1Cl)C(=O)CC(c1ccccc1)c1ccccc1. The fourth-order valence-electron chi connectivity index (χ4n) is 6.04. The van der Waals surface area contributed by atoms with Gasteiger partial charge in [-0.15, -0.1) is 0 Å². The van der Waals surface area contributed by atoms with E-state index in [1.807, 2.05) is 66.7 Å². The number of carbonyl (C=O) groups is 2. The van der Waals surface area contributed by atoms with Crippen molar-refractivity contribution in [3.8, 4) is 0 Å². The number of halogens is 2. The maximum Gasteiger partial charge on any atom is 0.243 e. The van der Waals surface area contributed by atoms with Crippen LogP contribution in [0, 0.1) is 0 Å². The van der Waals surface area contributed by atoms with Crippen molar-refractivity contribution in [1.29, 1.82) is 0 Å². The zero-order valence-corrected chi connectivity index (χ0v) is 25.8. The van der Waals surface area contributed by atoms with E-state index in [0.717, 1.165) is 42.4 Å². The molecule has 1 atom stereocenters. The summed E-state index contributed by atoms with van der Waals surface area (Å²) in [4.78, 5) is 30.5. The maximum absolute atomic E-state index is 14.6. The summed E-state index contributed by atoms with van der Waals surface area (Å²) in [6.45, 7) is 0.128. The molecule has 222 valence electrons. The fraction of sp³-hybridized carbons (Fsp3) is 0.297. The van der Waals surface area contributed by atoms with Gasteiger partial charge < -0.3 is 10.2 Å². The minimum Gasteiger partial charge on any atom is -0.352 e. The van der Waals surface area contributed by atoms with E-state index in [-0.39, 0.29) is 36.7 Å². The molecule has 0 aromatic heterocycles. The molecule has 1 saturated carbocycles. The second-order valence-corrected chi connectivity index (χ2v) is 12.2. The van der Waals surface area contributed by atoms with Gasteiger partial charge in [-0.05, 0) is 41.7 Å². The molecule has 6 heteroatoms. The van der Waals surface area contributed by atoms with Gasteiger partial charge in [-0.3, -0.25) is 9.59 Å². The van der Waals surface area contributed by atoms with E-state index in [0.29, 0.717) is 22.0 Å². The number of amides is 2. The molecule has 0 spiro atoms. The smallest absolute Gasteiger partial charge is 0.243 e. The predicted octanol–water partition coefficient (Wildman–Crippen LogP) is 8.60. The Hall–Kier alpha value is -3.60. The minimum atomic E-state index is -0.739. The Kier molecular flexibility index (Phi) is 10.9. The molecule has 1 N–H and O–H groups in total. The molecular weight excluding hydrogens is 575 g/mol. The van der Waals surface area contributed by atoms with Crippen LogP contribution in [0.1, 0.15) is 66.7 Å². The lowest BCUT2D eigenvalue weighted by atomic mass is 9.87. The lowest BCUT2D eigenvalue weighted by Gasteiger charge is -2.35. The molecule has 0 heterocycles. The summed E-state index contributed by atoms with van der Waals surface area (Å²) in [5.74, 6) is -0.449. The van der Waals surface area contributed by atoms with Crippen LogP contribution in [0.4, 0.5) is 0 Å². The van der Waals surface area contributed by atoms with Crippen molar-refractivity contribution >= 4 is 35.0 Å². The molecule has 4 nitrogen and oxygen atoms in total. The molecule has 0 aliphatic heterocycles. The first kappa shape index (κ1) is 30.8. The highest BCUT2D eigenvalue weighted by atomic mass is 35.5. The van der Waals surface area contributed by atoms with Crippen molar-refractivity contribution in [1.82, 2.24) is 10.2 Å². The van der Waals surface area contributed by atoms with Gasteiger partial charge in [-0.1, -0.05) is 140 Å². The zero-order valence-electron chi connectivity index (χ0n) is 24.3. The van der Waals surface area contributed by atoms with E-state index in [2.05, 4.69) is 29.6 Å². The molecule has 1 aliphatic carbocycles. The number of carbonyl (C=O) groups excluding carboxylic acids is 2. The lowest BCUT2D eigenvalue weighted by molar-refractivity contribution is -0.141. The van der Waals surface area contributed by atoms with Gasteiger partial charge in [0.05, 0.1) is 0 Å². The minimum absolute atomic E-state index is 0.113. The molecule has 0 unspecified atom stereocenters. The van der Waals surface area contributed by atoms with E-state index >= 15 is 0 Å². The quantitative estimate of drug-likeness (QED) is 0.184. The van der Waals surface area contributed by atoms with Crippen LogP contribution < -0.4 is 5.32 Å². The standard InChI is InChI=1S/C37H38Cl2N2O2/c38-33-22-13-23-34(39)32(33)26-41(36(42)25-31(28-16-7-2-8-17-28)29-18-9-3-10-19-29)35(24-27-14-5-1-6-15-27)37(43)40-30-20-11-4-12-21-30/h1-3,5-10,13-19,22-23,30-31,35H,4,11-12,20-21,24-26H2,(H,40,43)/t35-/m0/s1. The third-order valence-corrected chi connectivity index (χ3v) is 9.10. The van der Waals surface area contributed by atoms with E-state index in [4.69, 9.17) is 23.2 Å². The molecule has 43 heavy (non-hydrogen) atoms. The summed E-state index contributed by atoms with van der Waals surface area (Å²) < 4.78 is 0. The Labute approximate surface area is 265 Å². The van der Waals surface area contributed by atoms with Gasteiger partial charge in [0.2, 0.25) is 11.8 Å². The third kappa shape index (κ3) is 8.28. The molecule has 4 aromatic carbocycles. The van der Waals surface area contributed by atoms with Crippen LogP contribution in [0.3, 0.4) is 0 Å². The van der Waals surface area contributed by atoms with Crippen molar-refractivity contribution in [2.24, 2.45) is 0 Å². The highest BCUT2D eigenvalue weighted by Crippen LogP contribution is 2.32. The lowest BCUT2D eigenvalue weighted by Crippen LogP contribution is -2.53. The number of hydrogen-bond acceptors (Lipinski definition) is 2. The Balaban J connectivity index is 1.54. The second kappa shape index (κ2) is 15.2. The molecule has 1 fully saturated rings. The van der Waals surface area contributed by atoms with E-state index in [9.17, 15) is 9.59 Å². The Morgan fingerprint density at radius 3 is 1.81 bits per heavy atom. The first-order chi connectivity index (χ1) is 21.0. The molecule has 0 saturated heterocycles. The summed E-state index contributed by atoms with van der Waals surface area (Å²) in [7, 11) is 0. The molecular formula is C37H38Cl2N2O2. The molecule has 2 amide bonds. The molecule has 4 aromatic rings. The van der Waals surface area contributed by atoms with Crippen molar-refractivity contribution in [3.63, 3.8) is 0 Å². The van der Waals surface area contributed by atoms with Crippen molar-refractivity contribution < 1.29 is 9.59 Å². The highest BCUT2D eigenvalue weighted by Gasteiger charge is 2.34. The summed E-state index contributed by atoms with van der Waals surface area (Å²) in [6.07, 6.45) is 5.88. The number of rotatable bonds is 11. The number of nitrogens with zero attached hydrogens (tertiary/aromatic N) is 1. The summed E-state index contributed by atoms with van der Waals surface area (Å²) in [5, 5.41) is 4.25. The van der Waals surface area contributed by atoms with Crippen LogP contribution in [0.5, 0.6) is 0 Å². The Bertz CT molecular complexity index is 1420. The maximum atomic E-state index is 14.6. The van der Waals surface area contributed by atoms with Crippen LogP contribution in [0.2, 0.25) is 10.0 Å². The Morgan fingerprint density at radius 1 is 0.721 bits per heavy atom. The van der Waals surface area contributed by atoms with Crippen LogP contribution in [0.15, 0.2) is 109 Å². The van der Waals surface area contributed by atoms with Gasteiger partial charge in [-0.2, -0.15) is 0 Å². The van der Waals surface area contributed by atoms with Crippen molar-refractivity contribution in [3.05, 3.63) is 141 Å². The third-order valence-electron chi connectivity index (χ3n) is 8.40. The topological polar surface area (TPSA) is 49.4 Å². The van der Waals surface area contributed by atoms with Gasteiger partial charge in [0.15, 0.2) is 0 Å². The van der Waals surface area contributed by atoms with Crippen molar-refractivity contribution in [2.75, 3.05) is 0 Å². The zero-order chi connectivity index (χ0) is 30.0. The fourth-order valence-corrected chi connectivity index (χ4v) is 6.56. The van der Waals surface area contributed by atoms with Crippen LogP contribution in [0.25, 0.3) is 0 Å². The number of nitrogens with one attached hydrogen (secondary N) is 1. The van der Waals surface area contributed by atoms with Crippen LogP contribution in [-0.4, -0.2) is 28.8 Å². The van der Waals surface area contributed by atoms with Gasteiger partial charge in [0.25, 0.3) is 0 Å². The average Bonchev–Trinajstić information content (AvgIpc) is 3.04. The molecule has 0 bridgehead atoms. The predicted molar refractivity (Wildman–Crippen MR) is 175 cm³/mol. The largest absolute Gasteiger partial charge is 0.352 e. The summed E-state index contributed by atoms with van der Waals surface area (Å²) >= 11 is 13.3. The van der Waals surface area contributed by atoms with E-state index < -0.39 is 6.04 Å². The van der Waals surface area contributed by atoms with Crippen LogP contribution >= 0.6 is 23.2 Å². The first-order valence-electron chi connectivity index (χ1n) is 15.2. The Morgan fingerprint density at radius 2 is 1.26 bits per heavy atom. The summed E-state index contributed by atoms with van der Waals surface area (Å²) in [5.41, 5.74) is 3.71. The van der Waals surface area contributed by atoms with Gasteiger partial charge >= 0.3 is 0 Å². The van der Waals surface area contributed by atoms with Crippen molar-refractivity contribution in [2.45, 2.75) is 69.5 Å². The highest BCUT2D eigenvalue weighted by molar-refractivity contribution is 6.36. The molecule has 5 rings (SSSR count). The average molecular weight is 614 g/mol. The normalized spacial score (nSPS) is 14.3. The number of benzene rings is 4. The monoisotopic (exact) mass is 612 g/mol.